The summed E-state index contributed by atoms with van der Waals surface area (Å²) in [5, 5.41) is 16.5. The van der Waals surface area contributed by atoms with E-state index >= 15 is 0 Å². The number of non-ortho nitro benzene ring substituents is 1. The van der Waals surface area contributed by atoms with Gasteiger partial charge in [0.2, 0.25) is 0 Å². The summed E-state index contributed by atoms with van der Waals surface area (Å²) in [6, 6.07) is 11.4. The Morgan fingerprint density at radius 2 is 1.88 bits per heavy atom. The van der Waals surface area contributed by atoms with E-state index in [0.717, 1.165) is 11.3 Å². The third-order valence-corrected chi connectivity index (χ3v) is 3.49. The van der Waals surface area contributed by atoms with Gasteiger partial charge in [0.1, 0.15) is 5.75 Å². The first kappa shape index (κ1) is 17.3. The van der Waals surface area contributed by atoms with Crippen LogP contribution in [0.1, 0.15) is 15.9 Å². The Bertz CT molecular complexity index is 729. The highest BCUT2D eigenvalue weighted by Crippen LogP contribution is 2.19. The summed E-state index contributed by atoms with van der Waals surface area (Å²) >= 11 is 0. The normalized spacial score (nSPS) is 10.1. The van der Waals surface area contributed by atoms with Gasteiger partial charge in [0.15, 0.2) is 0 Å². The van der Waals surface area contributed by atoms with E-state index in [1.54, 1.807) is 31.4 Å². The Morgan fingerprint density at radius 3 is 2.50 bits per heavy atom. The van der Waals surface area contributed by atoms with Crippen molar-refractivity contribution in [2.75, 3.05) is 25.5 Å². The van der Waals surface area contributed by atoms with Gasteiger partial charge < -0.3 is 15.4 Å². The molecule has 0 unspecified atom stereocenters. The second-order valence-corrected chi connectivity index (χ2v) is 5.17. The minimum absolute atomic E-state index is 0.0437. The lowest BCUT2D eigenvalue weighted by molar-refractivity contribution is -0.384. The van der Waals surface area contributed by atoms with Crippen molar-refractivity contribution in [1.29, 1.82) is 0 Å². The highest BCUT2D eigenvalue weighted by atomic mass is 16.6. The summed E-state index contributed by atoms with van der Waals surface area (Å²) in [6.45, 7) is 2.84. The van der Waals surface area contributed by atoms with Gasteiger partial charge in [-0.15, -0.1) is 0 Å². The molecule has 2 aromatic rings. The number of methoxy groups -OCH3 is 1. The van der Waals surface area contributed by atoms with Gasteiger partial charge in [0.25, 0.3) is 11.6 Å². The van der Waals surface area contributed by atoms with Crippen molar-refractivity contribution in [3.8, 4) is 5.75 Å². The number of rotatable bonds is 7. The van der Waals surface area contributed by atoms with E-state index in [1.807, 2.05) is 13.0 Å². The fourth-order valence-corrected chi connectivity index (χ4v) is 2.15. The van der Waals surface area contributed by atoms with E-state index in [1.165, 1.54) is 12.1 Å². The molecule has 7 nitrogen and oxygen atoms in total. The fraction of sp³-hybridized carbons (Fsp3) is 0.235. The van der Waals surface area contributed by atoms with Gasteiger partial charge in [0, 0.05) is 36.5 Å². The number of amides is 1. The first-order valence-corrected chi connectivity index (χ1v) is 7.42. The van der Waals surface area contributed by atoms with Crippen molar-refractivity contribution in [2.24, 2.45) is 0 Å². The molecule has 0 aliphatic rings. The summed E-state index contributed by atoms with van der Waals surface area (Å²) in [5.74, 6) is 0.491. The highest BCUT2D eigenvalue weighted by Gasteiger charge is 2.08. The SMILES string of the molecule is COc1cc(C(=O)NCCNc2ccc([N+](=O)[O-])cc2)ccc1C. The number of carbonyl (C=O) groups excluding carboxylic acids is 1. The minimum atomic E-state index is -0.445. The Hall–Kier alpha value is -3.09. The third kappa shape index (κ3) is 4.45. The Kier molecular flexibility index (Phi) is 5.73. The van der Waals surface area contributed by atoms with Gasteiger partial charge in [-0.3, -0.25) is 14.9 Å². The lowest BCUT2D eigenvalue weighted by Crippen LogP contribution is -2.28. The number of carbonyl (C=O) groups is 1. The number of nitro groups is 1. The summed E-state index contributed by atoms with van der Waals surface area (Å²) in [5.41, 5.74) is 2.30. The summed E-state index contributed by atoms with van der Waals surface area (Å²) < 4.78 is 5.21. The van der Waals surface area contributed by atoms with Crippen molar-refractivity contribution in [3.63, 3.8) is 0 Å². The van der Waals surface area contributed by atoms with E-state index in [-0.39, 0.29) is 11.6 Å². The van der Waals surface area contributed by atoms with E-state index in [2.05, 4.69) is 10.6 Å². The molecule has 0 saturated heterocycles. The molecular weight excluding hydrogens is 310 g/mol. The molecule has 0 aliphatic carbocycles. The van der Waals surface area contributed by atoms with Crippen LogP contribution < -0.4 is 15.4 Å². The van der Waals surface area contributed by atoms with Crippen LogP contribution in [0.3, 0.4) is 0 Å². The lowest BCUT2D eigenvalue weighted by Gasteiger charge is -2.10. The molecule has 0 atom stereocenters. The van der Waals surface area contributed by atoms with E-state index in [4.69, 9.17) is 4.74 Å². The molecule has 0 radical (unpaired) electrons. The first-order valence-electron chi connectivity index (χ1n) is 7.42. The first-order chi connectivity index (χ1) is 11.5. The number of nitrogens with zero attached hydrogens (tertiary/aromatic N) is 1. The molecule has 0 aliphatic heterocycles. The minimum Gasteiger partial charge on any atom is -0.496 e. The molecule has 1 amide bonds. The van der Waals surface area contributed by atoms with Gasteiger partial charge in [0.05, 0.1) is 12.0 Å². The van der Waals surface area contributed by atoms with Crippen LogP contribution in [0.2, 0.25) is 0 Å². The van der Waals surface area contributed by atoms with Crippen LogP contribution in [0.15, 0.2) is 42.5 Å². The number of ether oxygens (including phenoxy) is 1. The molecule has 24 heavy (non-hydrogen) atoms. The largest absolute Gasteiger partial charge is 0.496 e. The van der Waals surface area contributed by atoms with Crippen LogP contribution in [0, 0.1) is 17.0 Å². The van der Waals surface area contributed by atoms with E-state index < -0.39 is 4.92 Å². The Morgan fingerprint density at radius 1 is 1.17 bits per heavy atom. The van der Waals surface area contributed by atoms with Crippen molar-refractivity contribution in [1.82, 2.24) is 5.32 Å². The molecule has 0 saturated carbocycles. The molecule has 2 N–H and O–H groups in total. The van der Waals surface area contributed by atoms with Gasteiger partial charge in [-0.1, -0.05) is 6.07 Å². The summed E-state index contributed by atoms with van der Waals surface area (Å²) in [6.07, 6.45) is 0. The van der Waals surface area contributed by atoms with Gasteiger partial charge in [-0.25, -0.2) is 0 Å². The van der Waals surface area contributed by atoms with Crippen molar-refractivity contribution < 1.29 is 14.5 Å². The molecular formula is C17H19N3O4. The average molecular weight is 329 g/mol. The van der Waals surface area contributed by atoms with E-state index in [0.29, 0.717) is 24.4 Å². The maximum atomic E-state index is 12.1. The summed E-state index contributed by atoms with van der Waals surface area (Å²) in [7, 11) is 1.57. The molecule has 0 aromatic heterocycles. The van der Waals surface area contributed by atoms with Crippen LogP contribution in [0.5, 0.6) is 5.75 Å². The average Bonchev–Trinajstić information content (AvgIpc) is 2.59. The molecule has 0 heterocycles. The number of hydrogen-bond acceptors (Lipinski definition) is 5. The zero-order valence-electron chi connectivity index (χ0n) is 13.5. The second-order valence-electron chi connectivity index (χ2n) is 5.17. The van der Waals surface area contributed by atoms with Crippen LogP contribution >= 0.6 is 0 Å². The highest BCUT2D eigenvalue weighted by molar-refractivity contribution is 5.94. The predicted molar refractivity (Wildman–Crippen MR) is 91.7 cm³/mol. The quantitative estimate of drug-likeness (QED) is 0.463. The van der Waals surface area contributed by atoms with Gasteiger partial charge in [-0.2, -0.15) is 0 Å². The van der Waals surface area contributed by atoms with Crippen molar-refractivity contribution in [2.45, 2.75) is 6.92 Å². The Labute approximate surface area is 139 Å². The number of benzene rings is 2. The Balaban J connectivity index is 1.81. The predicted octanol–water partition coefficient (Wildman–Crippen LogP) is 2.75. The number of anilines is 1. The molecule has 7 heteroatoms. The second kappa shape index (κ2) is 7.96. The van der Waals surface area contributed by atoms with E-state index in [9.17, 15) is 14.9 Å². The molecule has 0 fully saturated rings. The van der Waals surface area contributed by atoms with Crippen LogP contribution in [-0.2, 0) is 0 Å². The maximum absolute atomic E-state index is 12.1. The van der Waals surface area contributed by atoms with Crippen LogP contribution in [-0.4, -0.2) is 31.0 Å². The monoisotopic (exact) mass is 329 g/mol. The molecule has 2 rings (SSSR count). The lowest BCUT2D eigenvalue weighted by atomic mass is 10.1. The topological polar surface area (TPSA) is 93.5 Å². The summed E-state index contributed by atoms with van der Waals surface area (Å²) in [4.78, 5) is 22.2. The molecule has 0 bridgehead atoms. The third-order valence-electron chi connectivity index (χ3n) is 3.49. The number of nitro benzene ring substituents is 1. The van der Waals surface area contributed by atoms with Crippen molar-refractivity contribution in [3.05, 3.63) is 63.7 Å². The maximum Gasteiger partial charge on any atom is 0.269 e. The van der Waals surface area contributed by atoms with Crippen LogP contribution in [0.25, 0.3) is 0 Å². The zero-order chi connectivity index (χ0) is 17.5. The standard InChI is InChI=1S/C17H19N3O4/c1-12-3-4-13(11-16(12)24-2)17(21)19-10-9-18-14-5-7-15(8-6-14)20(22)23/h3-8,11,18H,9-10H2,1-2H3,(H,19,21). The van der Waals surface area contributed by atoms with Crippen LogP contribution in [0.4, 0.5) is 11.4 Å². The number of aryl methyl sites for hydroxylation is 1. The number of nitrogens with one attached hydrogen (secondary N) is 2. The fourth-order valence-electron chi connectivity index (χ4n) is 2.15. The molecule has 2 aromatic carbocycles. The number of hydrogen-bond donors (Lipinski definition) is 2. The van der Waals surface area contributed by atoms with Gasteiger partial charge >= 0.3 is 0 Å². The van der Waals surface area contributed by atoms with Crippen molar-refractivity contribution >= 4 is 17.3 Å². The smallest absolute Gasteiger partial charge is 0.269 e. The molecule has 0 spiro atoms. The van der Waals surface area contributed by atoms with Gasteiger partial charge in [-0.05, 0) is 36.8 Å². The molecule has 126 valence electrons. The zero-order valence-corrected chi connectivity index (χ0v) is 13.5.